The van der Waals surface area contributed by atoms with Crippen molar-refractivity contribution in [2.45, 2.75) is 51.6 Å². The molecule has 0 saturated heterocycles. The standard InChI is InChI=1S/C14H28N2/c1-10(2)13(9-16(3)4)15-14(11-5-6-11)12-7-8-12/h10-15H,5-9H2,1-4H3. The largest absolute Gasteiger partial charge is 0.309 e. The molecular weight excluding hydrogens is 196 g/mol. The molecule has 2 nitrogen and oxygen atoms in total. The van der Waals surface area contributed by atoms with Gasteiger partial charge < -0.3 is 10.2 Å². The molecule has 2 aliphatic carbocycles. The predicted octanol–water partition coefficient (Wildman–Crippen LogP) is 2.35. The highest BCUT2D eigenvalue weighted by molar-refractivity contribution is 4.98. The lowest BCUT2D eigenvalue weighted by molar-refractivity contribution is 0.249. The second-order valence-corrected chi connectivity index (χ2v) is 6.48. The fraction of sp³-hybridized carbons (Fsp3) is 1.00. The van der Waals surface area contributed by atoms with Crippen molar-refractivity contribution >= 4 is 0 Å². The summed E-state index contributed by atoms with van der Waals surface area (Å²) in [5.41, 5.74) is 0. The summed E-state index contributed by atoms with van der Waals surface area (Å²) >= 11 is 0. The van der Waals surface area contributed by atoms with Gasteiger partial charge >= 0.3 is 0 Å². The van der Waals surface area contributed by atoms with Crippen molar-refractivity contribution in [2.24, 2.45) is 17.8 Å². The molecule has 1 atom stereocenters. The van der Waals surface area contributed by atoms with Crippen LogP contribution < -0.4 is 5.32 Å². The first-order chi connectivity index (χ1) is 7.58. The molecule has 2 rings (SSSR count). The van der Waals surface area contributed by atoms with E-state index in [-0.39, 0.29) is 0 Å². The van der Waals surface area contributed by atoms with Gasteiger partial charge in [0.15, 0.2) is 0 Å². The van der Waals surface area contributed by atoms with Crippen LogP contribution in [0.15, 0.2) is 0 Å². The molecule has 2 heteroatoms. The molecule has 0 spiro atoms. The number of nitrogens with zero attached hydrogens (tertiary/aromatic N) is 1. The molecule has 2 aliphatic rings. The fourth-order valence-corrected chi connectivity index (χ4v) is 2.66. The van der Waals surface area contributed by atoms with Crippen LogP contribution in [0.2, 0.25) is 0 Å². The minimum absolute atomic E-state index is 0.668. The second kappa shape index (κ2) is 5.05. The maximum Gasteiger partial charge on any atom is 0.0220 e. The third-order valence-corrected chi connectivity index (χ3v) is 4.03. The second-order valence-electron chi connectivity index (χ2n) is 6.48. The van der Waals surface area contributed by atoms with Crippen LogP contribution in [0.1, 0.15) is 39.5 Å². The van der Waals surface area contributed by atoms with E-state index in [4.69, 9.17) is 0 Å². The summed E-state index contributed by atoms with van der Waals surface area (Å²) in [5, 5.41) is 3.97. The number of hydrogen-bond donors (Lipinski definition) is 1. The first-order valence-electron chi connectivity index (χ1n) is 6.98. The zero-order valence-electron chi connectivity index (χ0n) is 11.4. The maximum atomic E-state index is 3.97. The van der Waals surface area contributed by atoms with Crippen LogP contribution in [0.5, 0.6) is 0 Å². The van der Waals surface area contributed by atoms with Gasteiger partial charge in [-0.15, -0.1) is 0 Å². The Bertz CT molecular complexity index is 205. The molecule has 94 valence electrons. The number of rotatable bonds is 7. The molecular formula is C14H28N2. The summed E-state index contributed by atoms with van der Waals surface area (Å²) < 4.78 is 0. The summed E-state index contributed by atoms with van der Waals surface area (Å²) in [5.74, 6) is 2.76. The molecule has 1 N–H and O–H groups in total. The van der Waals surface area contributed by atoms with Gasteiger partial charge in [0.25, 0.3) is 0 Å². The Morgan fingerprint density at radius 2 is 1.56 bits per heavy atom. The summed E-state index contributed by atoms with van der Waals surface area (Å²) in [6.07, 6.45) is 5.89. The van der Waals surface area contributed by atoms with E-state index < -0.39 is 0 Å². The third-order valence-electron chi connectivity index (χ3n) is 4.03. The van der Waals surface area contributed by atoms with E-state index in [2.05, 4.69) is 38.2 Å². The lowest BCUT2D eigenvalue weighted by atomic mass is 9.99. The Hall–Kier alpha value is -0.0800. The molecule has 16 heavy (non-hydrogen) atoms. The van der Waals surface area contributed by atoms with Gasteiger partial charge in [0.05, 0.1) is 0 Å². The van der Waals surface area contributed by atoms with Crippen molar-refractivity contribution in [3.63, 3.8) is 0 Å². The minimum Gasteiger partial charge on any atom is -0.309 e. The van der Waals surface area contributed by atoms with Crippen LogP contribution in [-0.2, 0) is 0 Å². The molecule has 2 fully saturated rings. The van der Waals surface area contributed by atoms with Crippen molar-refractivity contribution in [2.75, 3.05) is 20.6 Å². The monoisotopic (exact) mass is 224 g/mol. The zero-order valence-corrected chi connectivity index (χ0v) is 11.4. The van der Waals surface area contributed by atoms with Crippen molar-refractivity contribution in [1.82, 2.24) is 10.2 Å². The molecule has 0 aromatic carbocycles. The molecule has 0 aromatic heterocycles. The lowest BCUT2D eigenvalue weighted by Gasteiger charge is -2.30. The zero-order chi connectivity index (χ0) is 11.7. The Morgan fingerprint density at radius 1 is 1.06 bits per heavy atom. The molecule has 0 heterocycles. The molecule has 0 bridgehead atoms. The SMILES string of the molecule is CC(C)C(CN(C)C)NC(C1CC1)C1CC1. The van der Waals surface area contributed by atoms with E-state index in [0.29, 0.717) is 6.04 Å². The highest BCUT2D eigenvalue weighted by atomic mass is 15.1. The number of likely N-dealkylation sites (N-methyl/N-ethyl adjacent to an activating group) is 1. The van der Waals surface area contributed by atoms with Crippen LogP contribution in [0, 0.1) is 17.8 Å². The van der Waals surface area contributed by atoms with Crippen LogP contribution in [0.4, 0.5) is 0 Å². The van der Waals surface area contributed by atoms with Gasteiger partial charge in [-0.3, -0.25) is 0 Å². The van der Waals surface area contributed by atoms with E-state index in [0.717, 1.165) is 23.8 Å². The van der Waals surface area contributed by atoms with Gasteiger partial charge in [0, 0.05) is 18.6 Å². The van der Waals surface area contributed by atoms with Gasteiger partial charge in [-0.05, 0) is 57.5 Å². The minimum atomic E-state index is 0.668. The van der Waals surface area contributed by atoms with Crippen LogP contribution in [0.3, 0.4) is 0 Å². The number of nitrogens with one attached hydrogen (secondary N) is 1. The molecule has 0 aromatic rings. The van der Waals surface area contributed by atoms with Crippen LogP contribution in [0.25, 0.3) is 0 Å². The first kappa shape index (κ1) is 12.4. The summed E-state index contributed by atoms with van der Waals surface area (Å²) in [4.78, 5) is 2.31. The van der Waals surface area contributed by atoms with Gasteiger partial charge in [0.2, 0.25) is 0 Å². The van der Waals surface area contributed by atoms with Crippen molar-refractivity contribution < 1.29 is 0 Å². The fourth-order valence-electron chi connectivity index (χ4n) is 2.66. The van der Waals surface area contributed by atoms with Crippen molar-refractivity contribution in [3.05, 3.63) is 0 Å². The average Bonchev–Trinajstić information content (AvgIpc) is 3.00. The molecule has 0 aliphatic heterocycles. The highest BCUT2D eigenvalue weighted by Crippen LogP contribution is 2.44. The van der Waals surface area contributed by atoms with Crippen LogP contribution in [-0.4, -0.2) is 37.6 Å². The molecule has 0 amide bonds. The van der Waals surface area contributed by atoms with E-state index >= 15 is 0 Å². The highest BCUT2D eigenvalue weighted by Gasteiger charge is 2.42. The van der Waals surface area contributed by atoms with Gasteiger partial charge in [-0.2, -0.15) is 0 Å². The first-order valence-corrected chi connectivity index (χ1v) is 6.98. The normalized spacial score (nSPS) is 23.4. The third kappa shape index (κ3) is 3.46. The van der Waals surface area contributed by atoms with E-state index in [1.807, 2.05) is 0 Å². The van der Waals surface area contributed by atoms with Gasteiger partial charge in [-0.1, -0.05) is 13.8 Å². The predicted molar refractivity (Wildman–Crippen MR) is 69.6 cm³/mol. The summed E-state index contributed by atoms with van der Waals surface area (Å²) in [6.45, 7) is 5.86. The maximum absolute atomic E-state index is 3.97. The Kier molecular flexibility index (Phi) is 3.91. The van der Waals surface area contributed by atoms with Crippen molar-refractivity contribution in [1.29, 1.82) is 0 Å². The van der Waals surface area contributed by atoms with E-state index in [1.165, 1.54) is 32.2 Å². The van der Waals surface area contributed by atoms with Crippen molar-refractivity contribution in [3.8, 4) is 0 Å². The van der Waals surface area contributed by atoms with Gasteiger partial charge in [0.1, 0.15) is 0 Å². The average molecular weight is 224 g/mol. The van der Waals surface area contributed by atoms with Gasteiger partial charge in [-0.25, -0.2) is 0 Å². The van der Waals surface area contributed by atoms with Crippen LogP contribution >= 0.6 is 0 Å². The number of hydrogen-bond acceptors (Lipinski definition) is 2. The topological polar surface area (TPSA) is 15.3 Å². The molecule has 1 unspecified atom stereocenters. The smallest absolute Gasteiger partial charge is 0.0220 e. The summed E-state index contributed by atoms with van der Waals surface area (Å²) in [7, 11) is 4.36. The molecule has 2 saturated carbocycles. The molecule has 0 radical (unpaired) electrons. The Balaban J connectivity index is 1.86. The Morgan fingerprint density at radius 3 is 1.88 bits per heavy atom. The van der Waals surface area contributed by atoms with E-state index in [9.17, 15) is 0 Å². The quantitative estimate of drug-likeness (QED) is 0.714. The lowest BCUT2D eigenvalue weighted by Crippen LogP contribution is -2.48. The Labute approximate surface area is 101 Å². The summed E-state index contributed by atoms with van der Waals surface area (Å²) in [6, 6.07) is 1.51. The van der Waals surface area contributed by atoms with E-state index in [1.54, 1.807) is 0 Å².